The molecule has 0 saturated carbocycles. The predicted octanol–water partition coefficient (Wildman–Crippen LogP) is 2.24. The molecule has 1 amide bonds. The normalized spacial score (nSPS) is 20.2. The van der Waals surface area contributed by atoms with Gasteiger partial charge in [-0.15, -0.1) is 12.4 Å². The maximum absolute atomic E-state index is 12.5. The Bertz CT molecular complexity index is 482. The largest absolute Gasteiger partial charge is 0.383 e. The highest BCUT2D eigenvalue weighted by Crippen LogP contribution is 2.33. The van der Waals surface area contributed by atoms with E-state index in [1.54, 1.807) is 7.11 Å². The Balaban J connectivity index is 0.00000288. The third-order valence-corrected chi connectivity index (χ3v) is 4.15. The highest BCUT2D eigenvalue weighted by molar-refractivity contribution is 5.85. The van der Waals surface area contributed by atoms with Gasteiger partial charge in [0.25, 0.3) is 0 Å². The van der Waals surface area contributed by atoms with Crippen molar-refractivity contribution in [3.05, 3.63) is 35.4 Å². The molecule has 1 aromatic carbocycles. The average Bonchev–Trinajstić information content (AvgIpc) is 2.58. The van der Waals surface area contributed by atoms with E-state index in [1.807, 2.05) is 0 Å². The average molecular weight is 357 g/mol. The lowest BCUT2D eigenvalue weighted by atomic mass is 9.88. The summed E-state index contributed by atoms with van der Waals surface area (Å²) in [5, 5.41) is 6.24. The van der Waals surface area contributed by atoms with Crippen molar-refractivity contribution in [2.24, 2.45) is 5.92 Å². The summed E-state index contributed by atoms with van der Waals surface area (Å²) >= 11 is 0. The Labute approximate surface area is 150 Å². The molecule has 1 aromatic rings. The third-order valence-electron chi connectivity index (χ3n) is 4.15. The fourth-order valence-electron chi connectivity index (χ4n) is 2.84. The molecule has 0 aliphatic carbocycles. The number of hydrogen-bond acceptors (Lipinski definition) is 4. The van der Waals surface area contributed by atoms with Gasteiger partial charge in [0.1, 0.15) is 0 Å². The summed E-state index contributed by atoms with van der Waals surface area (Å²) in [6, 6.07) is 8.28. The number of halogens is 1. The molecule has 2 atom stereocenters. The maximum Gasteiger partial charge on any atom is 0.226 e. The number of ether oxygens (including phenoxy) is 2. The third kappa shape index (κ3) is 6.40. The number of amides is 1. The van der Waals surface area contributed by atoms with Gasteiger partial charge >= 0.3 is 0 Å². The van der Waals surface area contributed by atoms with Gasteiger partial charge in [0, 0.05) is 33.4 Å². The van der Waals surface area contributed by atoms with E-state index in [1.165, 1.54) is 5.56 Å². The zero-order valence-corrected chi connectivity index (χ0v) is 15.4. The van der Waals surface area contributed by atoms with Crippen LogP contribution in [-0.2, 0) is 14.3 Å². The molecule has 136 valence electrons. The second-order valence-electron chi connectivity index (χ2n) is 5.98. The highest BCUT2D eigenvalue weighted by atomic mass is 35.5. The van der Waals surface area contributed by atoms with Gasteiger partial charge in [0.15, 0.2) is 0 Å². The number of aryl methyl sites for hydroxylation is 1. The van der Waals surface area contributed by atoms with E-state index in [0.29, 0.717) is 13.2 Å². The molecule has 0 radical (unpaired) electrons. The van der Waals surface area contributed by atoms with E-state index in [-0.39, 0.29) is 30.3 Å². The first-order chi connectivity index (χ1) is 11.2. The van der Waals surface area contributed by atoms with Crippen LogP contribution in [0, 0.1) is 12.8 Å². The van der Waals surface area contributed by atoms with Crippen LogP contribution in [0.2, 0.25) is 0 Å². The Morgan fingerprint density at radius 1 is 1.25 bits per heavy atom. The second-order valence-corrected chi connectivity index (χ2v) is 5.98. The van der Waals surface area contributed by atoms with Gasteiger partial charge in [0.2, 0.25) is 5.91 Å². The summed E-state index contributed by atoms with van der Waals surface area (Å²) in [4.78, 5) is 12.5. The first-order valence-electron chi connectivity index (χ1n) is 8.38. The monoisotopic (exact) mass is 356 g/mol. The molecule has 0 spiro atoms. The first-order valence-corrected chi connectivity index (χ1v) is 8.38. The quantitative estimate of drug-likeness (QED) is 0.701. The molecule has 2 rings (SSSR count). The zero-order chi connectivity index (χ0) is 16.5. The van der Waals surface area contributed by atoms with Crippen molar-refractivity contribution >= 4 is 18.3 Å². The van der Waals surface area contributed by atoms with Crippen LogP contribution in [0.15, 0.2) is 24.3 Å². The molecule has 1 heterocycles. The molecule has 1 aliphatic heterocycles. The Morgan fingerprint density at radius 2 is 2.00 bits per heavy atom. The summed E-state index contributed by atoms with van der Waals surface area (Å²) in [6.07, 6.45) is 1.68. The van der Waals surface area contributed by atoms with Crippen LogP contribution in [0.25, 0.3) is 0 Å². The van der Waals surface area contributed by atoms with Gasteiger partial charge in [-0.25, -0.2) is 0 Å². The molecule has 5 nitrogen and oxygen atoms in total. The van der Waals surface area contributed by atoms with Crippen LogP contribution >= 0.6 is 12.4 Å². The van der Waals surface area contributed by atoms with Crippen LogP contribution in [0.5, 0.6) is 0 Å². The summed E-state index contributed by atoms with van der Waals surface area (Å²) in [7, 11) is 1.68. The highest BCUT2D eigenvalue weighted by Gasteiger charge is 2.32. The molecule has 1 fully saturated rings. The minimum atomic E-state index is -0.134. The van der Waals surface area contributed by atoms with Crippen molar-refractivity contribution in [1.82, 2.24) is 10.6 Å². The van der Waals surface area contributed by atoms with Crippen molar-refractivity contribution in [3.8, 4) is 0 Å². The smallest absolute Gasteiger partial charge is 0.226 e. The van der Waals surface area contributed by atoms with E-state index in [2.05, 4.69) is 41.8 Å². The van der Waals surface area contributed by atoms with Gasteiger partial charge in [-0.1, -0.05) is 29.8 Å². The number of nitrogens with one attached hydrogen (secondary N) is 2. The van der Waals surface area contributed by atoms with Gasteiger partial charge in [-0.2, -0.15) is 0 Å². The molecular weight excluding hydrogens is 328 g/mol. The number of carbonyl (C=O) groups excluding carboxylic acids is 1. The van der Waals surface area contributed by atoms with Gasteiger partial charge in [-0.3, -0.25) is 4.79 Å². The minimum absolute atomic E-state index is 0. The van der Waals surface area contributed by atoms with E-state index in [4.69, 9.17) is 9.47 Å². The Morgan fingerprint density at radius 3 is 2.71 bits per heavy atom. The van der Waals surface area contributed by atoms with Crippen LogP contribution in [-0.4, -0.2) is 45.9 Å². The molecule has 0 aromatic heterocycles. The summed E-state index contributed by atoms with van der Waals surface area (Å²) in [5.74, 6) is -0.0192. The number of carbonyl (C=O) groups is 1. The summed E-state index contributed by atoms with van der Waals surface area (Å²) < 4.78 is 10.9. The zero-order valence-electron chi connectivity index (χ0n) is 14.5. The number of rotatable bonds is 8. The number of methoxy groups -OCH3 is 1. The summed E-state index contributed by atoms with van der Waals surface area (Å²) in [5.41, 5.74) is 2.31. The number of hydrogen-bond donors (Lipinski definition) is 2. The van der Waals surface area contributed by atoms with Crippen molar-refractivity contribution in [1.29, 1.82) is 0 Å². The fraction of sp³-hybridized carbons (Fsp3) is 0.611. The van der Waals surface area contributed by atoms with E-state index < -0.39 is 0 Å². The van der Waals surface area contributed by atoms with Gasteiger partial charge in [-0.05, 0) is 25.3 Å². The van der Waals surface area contributed by atoms with Gasteiger partial charge in [0.05, 0.1) is 18.6 Å². The topological polar surface area (TPSA) is 59.6 Å². The molecule has 6 heteroatoms. The second kappa shape index (κ2) is 11.4. The lowest BCUT2D eigenvalue weighted by Crippen LogP contribution is -2.40. The standard InChI is InChI=1S/C18H28N2O3.ClH/c1-14-5-7-15(8-6-14)17-16(4-3-12-23-17)18(21)20-10-9-19-11-13-22-2;/h5-8,16-17,19H,3-4,9-13H2,1-2H3,(H,20,21);1H. The van der Waals surface area contributed by atoms with Crippen molar-refractivity contribution in [2.45, 2.75) is 25.9 Å². The van der Waals surface area contributed by atoms with Crippen molar-refractivity contribution < 1.29 is 14.3 Å². The molecule has 24 heavy (non-hydrogen) atoms. The van der Waals surface area contributed by atoms with Crippen molar-refractivity contribution in [3.63, 3.8) is 0 Å². The molecule has 1 aliphatic rings. The summed E-state index contributed by atoms with van der Waals surface area (Å²) in [6.45, 7) is 5.63. The lowest BCUT2D eigenvalue weighted by molar-refractivity contribution is -0.134. The van der Waals surface area contributed by atoms with E-state index in [0.717, 1.165) is 38.1 Å². The SMILES string of the molecule is COCCNCCNC(=O)C1CCCOC1c1ccc(C)cc1.Cl. The molecule has 1 saturated heterocycles. The van der Waals surface area contributed by atoms with Gasteiger partial charge < -0.3 is 20.1 Å². The molecule has 2 unspecified atom stereocenters. The molecule has 2 N–H and O–H groups in total. The first kappa shape index (κ1) is 20.9. The predicted molar refractivity (Wildman–Crippen MR) is 97.6 cm³/mol. The maximum atomic E-state index is 12.5. The van der Waals surface area contributed by atoms with E-state index >= 15 is 0 Å². The Hall–Kier alpha value is -1.14. The fourth-order valence-corrected chi connectivity index (χ4v) is 2.84. The van der Waals surface area contributed by atoms with Crippen molar-refractivity contribution in [2.75, 3.05) is 40.0 Å². The van der Waals surface area contributed by atoms with Crippen LogP contribution in [0.3, 0.4) is 0 Å². The van der Waals surface area contributed by atoms with E-state index in [9.17, 15) is 4.79 Å². The molecular formula is C18H29ClN2O3. The number of benzene rings is 1. The van der Waals surface area contributed by atoms with Crippen LogP contribution < -0.4 is 10.6 Å². The van der Waals surface area contributed by atoms with Crippen LogP contribution in [0.1, 0.15) is 30.1 Å². The van der Waals surface area contributed by atoms with Crippen LogP contribution in [0.4, 0.5) is 0 Å². The Kier molecular flexibility index (Phi) is 9.95. The molecule has 0 bridgehead atoms. The minimum Gasteiger partial charge on any atom is -0.383 e. The lowest BCUT2D eigenvalue weighted by Gasteiger charge is -2.31.